The number of carbonyl (C=O) groups is 1. The number of hydrogen-bond donors (Lipinski definition) is 1. The fourth-order valence-corrected chi connectivity index (χ4v) is 5.13. The molecule has 6 nitrogen and oxygen atoms in total. The summed E-state index contributed by atoms with van der Waals surface area (Å²) in [7, 11) is -3.03. The van der Waals surface area contributed by atoms with Crippen LogP contribution >= 0.6 is 0 Å². The van der Waals surface area contributed by atoms with Gasteiger partial charge >= 0.3 is 0 Å². The van der Waals surface area contributed by atoms with E-state index in [1.807, 2.05) is 25.1 Å². The Kier molecular flexibility index (Phi) is 6.11. The van der Waals surface area contributed by atoms with Crippen LogP contribution in [0.3, 0.4) is 0 Å². The Balaban J connectivity index is 1.64. The van der Waals surface area contributed by atoms with E-state index in [-0.39, 0.29) is 23.5 Å². The van der Waals surface area contributed by atoms with Crippen molar-refractivity contribution in [2.24, 2.45) is 0 Å². The van der Waals surface area contributed by atoms with Crippen LogP contribution in [0.1, 0.15) is 29.3 Å². The molecule has 1 saturated heterocycles. The van der Waals surface area contributed by atoms with Crippen LogP contribution in [-0.2, 0) is 16.3 Å². The molecule has 1 N–H and O–H groups in total. The Morgan fingerprint density at radius 3 is 2.70 bits per heavy atom. The minimum absolute atomic E-state index is 0.0554. The van der Waals surface area contributed by atoms with Gasteiger partial charge in [-0.15, -0.1) is 0 Å². The van der Waals surface area contributed by atoms with E-state index in [9.17, 15) is 13.2 Å². The molecule has 2 aromatic rings. The minimum atomic E-state index is -3.03. The number of carbonyl (C=O) groups excluding carboxylic acids is 1. The zero-order valence-electron chi connectivity index (χ0n) is 15.5. The zero-order chi connectivity index (χ0) is 19.3. The van der Waals surface area contributed by atoms with Gasteiger partial charge in [0.1, 0.15) is 5.82 Å². The van der Waals surface area contributed by atoms with Crippen molar-refractivity contribution in [3.05, 3.63) is 59.8 Å². The van der Waals surface area contributed by atoms with Gasteiger partial charge < -0.3 is 10.2 Å². The van der Waals surface area contributed by atoms with E-state index in [0.717, 1.165) is 6.42 Å². The van der Waals surface area contributed by atoms with Gasteiger partial charge in [-0.25, -0.2) is 13.4 Å². The summed E-state index contributed by atoms with van der Waals surface area (Å²) in [6.07, 6.45) is 2.98. The third kappa shape index (κ3) is 5.07. The summed E-state index contributed by atoms with van der Waals surface area (Å²) in [5.41, 5.74) is 1.76. The highest BCUT2D eigenvalue weighted by atomic mass is 32.2. The maximum absolute atomic E-state index is 12.9. The molecule has 144 valence electrons. The van der Waals surface area contributed by atoms with Crippen LogP contribution in [0.2, 0.25) is 0 Å². The molecule has 0 spiro atoms. The summed E-state index contributed by atoms with van der Waals surface area (Å²) in [5.74, 6) is 0.712. The second-order valence-electron chi connectivity index (χ2n) is 6.74. The first kappa shape index (κ1) is 19.4. The fraction of sp³-hybridized carbons (Fsp3) is 0.400. The molecular weight excluding hydrogens is 362 g/mol. The molecule has 2 heterocycles. The Morgan fingerprint density at radius 2 is 2.04 bits per heavy atom. The van der Waals surface area contributed by atoms with Crippen LogP contribution in [0.25, 0.3) is 0 Å². The van der Waals surface area contributed by atoms with E-state index >= 15 is 0 Å². The first-order valence-electron chi connectivity index (χ1n) is 9.24. The molecule has 1 unspecified atom stereocenters. The molecule has 1 aromatic heterocycles. The van der Waals surface area contributed by atoms with Crippen LogP contribution in [0.15, 0.2) is 48.7 Å². The predicted molar refractivity (Wildman–Crippen MR) is 107 cm³/mol. The normalized spacial score (nSPS) is 18.2. The number of rotatable bonds is 7. The summed E-state index contributed by atoms with van der Waals surface area (Å²) in [6.45, 7) is 3.08. The van der Waals surface area contributed by atoms with Gasteiger partial charge in [-0.1, -0.05) is 30.3 Å². The lowest BCUT2D eigenvalue weighted by molar-refractivity contribution is 0.0708. The number of nitrogens with one attached hydrogen (secondary N) is 1. The van der Waals surface area contributed by atoms with Gasteiger partial charge in [-0.05, 0) is 37.5 Å². The van der Waals surface area contributed by atoms with E-state index in [2.05, 4.69) is 22.4 Å². The molecule has 7 heteroatoms. The van der Waals surface area contributed by atoms with E-state index in [0.29, 0.717) is 30.9 Å². The minimum Gasteiger partial charge on any atom is -0.370 e. The highest BCUT2D eigenvalue weighted by Crippen LogP contribution is 2.20. The quantitative estimate of drug-likeness (QED) is 0.789. The Labute approximate surface area is 160 Å². The van der Waals surface area contributed by atoms with Crippen LogP contribution in [0.5, 0.6) is 0 Å². The SMILES string of the molecule is CCN(C(=O)c1ccnc(NCCc2ccccc2)c1)C1CCS(=O)(=O)C1. The second-order valence-corrected chi connectivity index (χ2v) is 8.97. The third-order valence-corrected chi connectivity index (χ3v) is 6.57. The molecule has 1 fully saturated rings. The molecule has 0 saturated carbocycles. The van der Waals surface area contributed by atoms with E-state index in [1.165, 1.54) is 5.56 Å². The number of amides is 1. The van der Waals surface area contributed by atoms with Gasteiger partial charge in [0.25, 0.3) is 5.91 Å². The molecule has 3 rings (SSSR count). The number of anilines is 1. The van der Waals surface area contributed by atoms with E-state index in [1.54, 1.807) is 23.2 Å². The first-order valence-corrected chi connectivity index (χ1v) is 11.1. The number of benzene rings is 1. The van der Waals surface area contributed by atoms with E-state index < -0.39 is 9.84 Å². The lowest BCUT2D eigenvalue weighted by atomic mass is 10.1. The molecule has 1 atom stereocenters. The number of pyridine rings is 1. The molecule has 1 aromatic carbocycles. The predicted octanol–water partition coefficient (Wildman–Crippen LogP) is 2.39. The zero-order valence-corrected chi connectivity index (χ0v) is 16.3. The molecular formula is C20H25N3O3S. The van der Waals surface area contributed by atoms with Crippen molar-refractivity contribution in [3.8, 4) is 0 Å². The average Bonchev–Trinajstić information content (AvgIpc) is 3.03. The average molecular weight is 388 g/mol. The second kappa shape index (κ2) is 8.52. The summed E-state index contributed by atoms with van der Waals surface area (Å²) in [6, 6.07) is 13.3. The number of sulfone groups is 1. The van der Waals surface area contributed by atoms with Crippen molar-refractivity contribution in [1.82, 2.24) is 9.88 Å². The number of nitrogens with zero attached hydrogens (tertiary/aromatic N) is 2. The maximum Gasteiger partial charge on any atom is 0.254 e. The molecule has 27 heavy (non-hydrogen) atoms. The highest BCUT2D eigenvalue weighted by Gasteiger charge is 2.34. The van der Waals surface area contributed by atoms with Crippen molar-refractivity contribution in [2.75, 3.05) is 29.9 Å². The van der Waals surface area contributed by atoms with Crippen LogP contribution < -0.4 is 5.32 Å². The molecule has 1 amide bonds. The summed E-state index contributed by atoms with van der Waals surface area (Å²) in [5, 5.41) is 3.25. The first-order chi connectivity index (χ1) is 13.0. The fourth-order valence-electron chi connectivity index (χ4n) is 3.39. The van der Waals surface area contributed by atoms with Crippen molar-refractivity contribution in [2.45, 2.75) is 25.8 Å². The summed E-state index contributed by atoms with van der Waals surface area (Å²) < 4.78 is 23.5. The molecule has 0 bridgehead atoms. The molecule has 0 radical (unpaired) electrons. The van der Waals surface area contributed by atoms with Crippen molar-refractivity contribution < 1.29 is 13.2 Å². The van der Waals surface area contributed by atoms with Gasteiger partial charge in [0.15, 0.2) is 9.84 Å². The highest BCUT2D eigenvalue weighted by molar-refractivity contribution is 7.91. The van der Waals surface area contributed by atoms with Crippen molar-refractivity contribution in [1.29, 1.82) is 0 Å². The lowest BCUT2D eigenvalue weighted by Gasteiger charge is -2.27. The topological polar surface area (TPSA) is 79.4 Å². The summed E-state index contributed by atoms with van der Waals surface area (Å²) >= 11 is 0. The van der Waals surface area contributed by atoms with Gasteiger partial charge in [-0.2, -0.15) is 0 Å². The van der Waals surface area contributed by atoms with Crippen LogP contribution in [-0.4, -0.2) is 54.8 Å². The smallest absolute Gasteiger partial charge is 0.254 e. The number of aromatic nitrogens is 1. The standard InChI is InChI=1S/C20H25N3O3S/c1-2-23(18-10-13-27(25,26)15-18)20(24)17-9-12-22-19(14-17)21-11-8-16-6-4-3-5-7-16/h3-7,9,12,14,18H,2,8,10-11,13,15H2,1H3,(H,21,22). The third-order valence-electron chi connectivity index (χ3n) is 4.82. The van der Waals surface area contributed by atoms with Crippen LogP contribution in [0.4, 0.5) is 5.82 Å². The Bertz CT molecular complexity index is 884. The molecule has 1 aliphatic rings. The van der Waals surface area contributed by atoms with Crippen molar-refractivity contribution >= 4 is 21.6 Å². The van der Waals surface area contributed by atoms with E-state index in [4.69, 9.17) is 0 Å². The largest absolute Gasteiger partial charge is 0.370 e. The Hall–Kier alpha value is -2.41. The maximum atomic E-state index is 12.9. The monoisotopic (exact) mass is 387 g/mol. The van der Waals surface area contributed by atoms with Gasteiger partial charge in [0, 0.05) is 30.9 Å². The number of hydrogen-bond acceptors (Lipinski definition) is 5. The van der Waals surface area contributed by atoms with Gasteiger partial charge in [0.05, 0.1) is 11.5 Å². The molecule has 1 aliphatic heterocycles. The molecule has 0 aliphatic carbocycles. The summed E-state index contributed by atoms with van der Waals surface area (Å²) in [4.78, 5) is 18.8. The van der Waals surface area contributed by atoms with Gasteiger partial charge in [-0.3, -0.25) is 4.79 Å². The Morgan fingerprint density at radius 1 is 1.26 bits per heavy atom. The van der Waals surface area contributed by atoms with Gasteiger partial charge in [0.2, 0.25) is 0 Å². The van der Waals surface area contributed by atoms with Crippen LogP contribution in [0, 0.1) is 0 Å². The lowest BCUT2D eigenvalue weighted by Crippen LogP contribution is -2.41. The van der Waals surface area contributed by atoms with Crippen molar-refractivity contribution in [3.63, 3.8) is 0 Å².